The standard InChI is InChI=1S/C20H23N3O/c1-13-21-10-16(11-22-13)15-7-8-17-18(9-15)23(12-14-5-4-6-14)19(24)20(17,2)3/h7-11,14H,4-6,12H2,1-3H3. The van der Waals surface area contributed by atoms with Gasteiger partial charge < -0.3 is 4.90 Å². The van der Waals surface area contributed by atoms with Gasteiger partial charge in [-0.05, 0) is 56.7 Å². The zero-order valence-electron chi connectivity index (χ0n) is 14.5. The van der Waals surface area contributed by atoms with Crippen LogP contribution in [0.2, 0.25) is 0 Å². The summed E-state index contributed by atoms with van der Waals surface area (Å²) in [6.07, 6.45) is 7.48. The molecule has 0 bridgehead atoms. The SMILES string of the molecule is Cc1ncc(-c2ccc3c(c2)N(CC2CCC2)C(=O)C3(C)C)cn1. The minimum Gasteiger partial charge on any atom is -0.311 e. The van der Waals surface area contributed by atoms with E-state index in [9.17, 15) is 4.79 Å². The van der Waals surface area contributed by atoms with E-state index >= 15 is 0 Å². The van der Waals surface area contributed by atoms with Gasteiger partial charge in [0.15, 0.2) is 0 Å². The largest absolute Gasteiger partial charge is 0.311 e. The molecule has 4 rings (SSSR count). The molecule has 0 unspecified atom stereocenters. The van der Waals surface area contributed by atoms with Crippen molar-refractivity contribution in [1.29, 1.82) is 0 Å². The molecule has 0 atom stereocenters. The highest BCUT2D eigenvalue weighted by molar-refractivity contribution is 6.08. The van der Waals surface area contributed by atoms with Crippen molar-refractivity contribution in [3.8, 4) is 11.1 Å². The van der Waals surface area contributed by atoms with Crippen LogP contribution in [0.4, 0.5) is 5.69 Å². The normalized spacial score (nSPS) is 19.3. The molecule has 1 aromatic heterocycles. The van der Waals surface area contributed by atoms with Gasteiger partial charge in [0.25, 0.3) is 0 Å². The number of aryl methyl sites for hydroxylation is 1. The monoisotopic (exact) mass is 321 g/mol. The summed E-state index contributed by atoms with van der Waals surface area (Å²) in [4.78, 5) is 23.5. The number of nitrogens with zero attached hydrogens (tertiary/aromatic N) is 3. The predicted molar refractivity (Wildman–Crippen MR) is 94.9 cm³/mol. The second-order valence-corrected chi connectivity index (χ2v) is 7.59. The van der Waals surface area contributed by atoms with Crippen LogP contribution in [0.3, 0.4) is 0 Å². The minimum absolute atomic E-state index is 0.224. The second kappa shape index (κ2) is 5.40. The first-order valence-corrected chi connectivity index (χ1v) is 8.72. The number of carbonyl (C=O) groups excluding carboxylic acids is 1. The summed E-state index contributed by atoms with van der Waals surface area (Å²) in [5.74, 6) is 1.65. The molecule has 2 aliphatic rings. The van der Waals surface area contributed by atoms with Gasteiger partial charge in [-0.25, -0.2) is 9.97 Å². The van der Waals surface area contributed by atoms with Gasteiger partial charge in [-0.1, -0.05) is 18.6 Å². The number of hydrogen-bond acceptors (Lipinski definition) is 3. The zero-order chi connectivity index (χ0) is 16.9. The third-order valence-electron chi connectivity index (χ3n) is 5.52. The fraction of sp³-hybridized carbons (Fsp3) is 0.450. The molecule has 4 nitrogen and oxygen atoms in total. The maximum atomic E-state index is 13.0. The molecule has 0 saturated heterocycles. The molecule has 2 aromatic rings. The molecular weight excluding hydrogens is 298 g/mol. The molecule has 0 radical (unpaired) electrons. The van der Waals surface area contributed by atoms with Crippen LogP contribution in [0.15, 0.2) is 30.6 Å². The molecule has 1 aliphatic heterocycles. The number of amides is 1. The highest BCUT2D eigenvalue weighted by Gasteiger charge is 2.44. The third-order valence-corrected chi connectivity index (χ3v) is 5.52. The lowest BCUT2D eigenvalue weighted by Gasteiger charge is -2.31. The van der Waals surface area contributed by atoms with Crippen molar-refractivity contribution in [2.75, 3.05) is 11.4 Å². The summed E-state index contributed by atoms with van der Waals surface area (Å²) in [6.45, 7) is 6.80. The summed E-state index contributed by atoms with van der Waals surface area (Å²) in [6, 6.07) is 6.31. The topological polar surface area (TPSA) is 46.1 Å². The molecule has 4 heteroatoms. The van der Waals surface area contributed by atoms with Gasteiger partial charge in [0, 0.05) is 30.2 Å². The molecule has 1 aromatic carbocycles. The summed E-state index contributed by atoms with van der Waals surface area (Å²) < 4.78 is 0. The molecule has 1 saturated carbocycles. The van der Waals surface area contributed by atoms with Crippen molar-refractivity contribution in [2.24, 2.45) is 5.92 Å². The first-order chi connectivity index (χ1) is 11.5. The van der Waals surface area contributed by atoms with Gasteiger partial charge in [0.1, 0.15) is 5.82 Å². The van der Waals surface area contributed by atoms with Gasteiger partial charge in [-0.15, -0.1) is 0 Å². The number of aromatic nitrogens is 2. The van der Waals surface area contributed by atoms with E-state index < -0.39 is 5.41 Å². The van der Waals surface area contributed by atoms with E-state index in [2.05, 4.69) is 28.2 Å². The Hall–Kier alpha value is -2.23. The van der Waals surface area contributed by atoms with E-state index in [-0.39, 0.29) is 5.91 Å². The van der Waals surface area contributed by atoms with Gasteiger partial charge in [0.05, 0.1) is 5.41 Å². The van der Waals surface area contributed by atoms with Crippen LogP contribution >= 0.6 is 0 Å². The van der Waals surface area contributed by atoms with E-state index in [1.807, 2.05) is 38.1 Å². The summed E-state index contributed by atoms with van der Waals surface area (Å²) in [5, 5.41) is 0. The smallest absolute Gasteiger partial charge is 0.237 e. The second-order valence-electron chi connectivity index (χ2n) is 7.59. The molecule has 1 aliphatic carbocycles. The van der Waals surface area contributed by atoms with E-state index in [1.54, 1.807) is 0 Å². The zero-order valence-corrected chi connectivity index (χ0v) is 14.5. The minimum atomic E-state index is -0.443. The predicted octanol–water partition coefficient (Wildman–Crippen LogP) is 3.88. The van der Waals surface area contributed by atoms with Crippen LogP contribution < -0.4 is 4.90 Å². The Morgan fingerprint density at radius 1 is 1.17 bits per heavy atom. The molecule has 1 amide bonds. The highest BCUT2D eigenvalue weighted by Crippen LogP contribution is 2.44. The molecule has 24 heavy (non-hydrogen) atoms. The Morgan fingerprint density at radius 3 is 2.50 bits per heavy atom. The van der Waals surface area contributed by atoms with Gasteiger partial charge in [-0.3, -0.25) is 4.79 Å². The van der Waals surface area contributed by atoms with Gasteiger partial charge in [-0.2, -0.15) is 0 Å². The van der Waals surface area contributed by atoms with Crippen molar-refractivity contribution >= 4 is 11.6 Å². The van der Waals surface area contributed by atoms with Crippen molar-refractivity contribution < 1.29 is 4.79 Å². The van der Waals surface area contributed by atoms with Crippen LogP contribution in [0.1, 0.15) is 44.5 Å². The molecule has 0 spiro atoms. The maximum Gasteiger partial charge on any atom is 0.237 e. The van der Waals surface area contributed by atoms with Crippen LogP contribution in [-0.2, 0) is 10.2 Å². The number of fused-ring (bicyclic) bond motifs is 1. The molecule has 124 valence electrons. The van der Waals surface area contributed by atoms with E-state index in [1.165, 1.54) is 19.3 Å². The van der Waals surface area contributed by atoms with Crippen LogP contribution in [-0.4, -0.2) is 22.4 Å². The molecule has 2 heterocycles. The number of anilines is 1. The summed E-state index contributed by atoms with van der Waals surface area (Å²) >= 11 is 0. The van der Waals surface area contributed by atoms with E-state index in [4.69, 9.17) is 0 Å². The maximum absolute atomic E-state index is 13.0. The fourth-order valence-electron chi connectivity index (χ4n) is 3.68. The summed E-state index contributed by atoms with van der Waals surface area (Å²) in [7, 11) is 0. The Kier molecular flexibility index (Phi) is 3.44. The van der Waals surface area contributed by atoms with E-state index in [0.717, 1.165) is 34.7 Å². The molecule has 0 N–H and O–H groups in total. The van der Waals surface area contributed by atoms with Crippen LogP contribution in [0.5, 0.6) is 0 Å². The number of benzene rings is 1. The lowest BCUT2D eigenvalue weighted by atomic mass is 9.84. The van der Waals surface area contributed by atoms with Crippen molar-refractivity contribution in [2.45, 2.75) is 45.4 Å². The average Bonchev–Trinajstić information content (AvgIpc) is 2.71. The Labute approximate surface area is 142 Å². The van der Waals surface area contributed by atoms with Crippen molar-refractivity contribution in [1.82, 2.24) is 9.97 Å². The lowest BCUT2D eigenvalue weighted by molar-refractivity contribution is -0.122. The summed E-state index contributed by atoms with van der Waals surface area (Å²) in [5.41, 5.74) is 3.81. The third kappa shape index (κ3) is 2.32. The molecular formula is C20H23N3O. The first-order valence-electron chi connectivity index (χ1n) is 8.72. The van der Waals surface area contributed by atoms with Crippen LogP contribution in [0, 0.1) is 12.8 Å². The number of hydrogen-bond donors (Lipinski definition) is 0. The number of rotatable bonds is 3. The number of carbonyl (C=O) groups is 1. The highest BCUT2D eigenvalue weighted by atomic mass is 16.2. The fourth-order valence-corrected chi connectivity index (χ4v) is 3.68. The Bertz CT molecular complexity index is 791. The lowest BCUT2D eigenvalue weighted by Crippen LogP contribution is -2.40. The van der Waals surface area contributed by atoms with E-state index in [0.29, 0.717) is 5.92 Å². The quantitative estimate of drug-likeness (QED) is 0.862. The van der Waals surface area contributed by atoms with Gasteiger partial charge >= 0.3 is 0 Å². The van der Waals surface area contributed by atoms with Gasteiger partial charge in [0.2, 0.25) is 5.91 Å². The van der Waals surface area contributed by atoms with Crippen LogP contribution in [0.25, 0.3) is 11.1 Å². The average molecular weight is 321 g/mol. The molecule has 1 fully saturated rings. The van der Waals surface area contributed by atoms with Crippen molar-refractivity contribution in [3.05, 3.63) is 42.0 Å². The first kappa shape index (κ1) is 15.3. The van der Waals surface area contributed by atoms with Crippen molar-refractivity contribution in [3.63, 3.8) is 0 Å². The Morgan fingerprint density at radius 2 is 1.88 bits per heavy atom. The Balaban J connectivity index is 1.75.